The third-order valence-electron chi connectivity index (χ3n) is 2.90. The molecule has 3 rings (SSSR count). The molecule has 94 valence electrons. The van der Waals surface area contributed by atoms with Crippen molar-refractivity contribution in [2.75, 3.05) is 5.73 Å². The first kappa shape index (κ1) is 11.4. The number of nitrogen functional groups attached to an aromatic ring is 1. The van der Waals surface area contributed by atoms with Crippen molar-refractivity contribution >= 4 is 28.8 Å². The van der Waals surface area contributed by atoms with E-state index in [2.05, 4.69) is 0 Å². The molecule has 0 saturated carbocycles. The van der Waals surface area contributed by atoms with Crippen molar-refractivity contribution in [1.29, 1.82) is 0 Å². The largest absolute Gasteiger partial charge is 0.508 e. The molecular formula is C16H13NO2. The SMILES string of the molecule is Nc1ccc(C=Cc2cc3ccc(O)cc3o2)cc1. The van der Waals surface area contributed by atoms with Crippen LogP contribution < -0.4 is 5.73 Å². The Balaban J connectivity index is 1.90. The maximum atomic E-state index is 9.38. The van der Waals surface area contributed by atoms with Gasteiger partial charge in [0.2, 0.25) is 0 Å². The minimum Gasteiger partial charge on any atom is -0.508 e. The molecule has 0 fully saturated rings. The Morgan fingerprint density at radius 1 is 0.947 bits per heavy atom. The summed E-state index contributed by atoms with van der Waals surface area (Å²) in [5.41, 5.74) is 8.11. The van der Waals surface area contributed by atoms with E-state index in [1.165, 1.54) is 0 Å². The van der Waals surface area contributed by atoms with E-state index < -0.39 is 0 Å². The number of anilines is 1. The highest BCUT2D eigenvalue weighted by atomic mass is 16.3. The molecule has 0 atom stereocenters. The minimum atomic E-state index is 0.205. The summed E-state index contributed by atoms with van der Waals surface area (Å²) in [5, 5.41) is 10.4. The van der Waals surface area contributed by atoms with Gasteiger partial charge in [-0.1, -0.05) is 18.2 Å². The second-order valence-electron chi connectivity index (χ2n) is 4.37. The molecule has 1 aromatic heterocycles. The highest BCUT2D eigenvalue weighted by molar-refractivity contribution is 5.82. The lowest BCUT2D eigenvalue weighted by molar-refractivity contribution is 0.474. The van der Waals surface area contributed by atoms with Crippen LogP contribution in [0.25, 0.3) is 23.1 Å². The summed E-state index contributed by atoms with van der Waals surface area (Å²) < 4.78 is 5.62. The number of rotatable bonds is 2. The molecular weight excluding hydrogens is 238 g/mol. The normalized spacial score (nSPS) is 11.4. The summed E-state index contributed by atoms with van der Waals surface area (Å²) in [5.74, 6) is 0.952. The average Bonchev–Trinajstić information content (AvgIpc) is 2.80. The molecule has 3 N–H and O–H groups in total. The number of phenols is 1. The fourth-order valence-corrected chi connectivity index (χ4v) is 1.91. The van der Waals surface area contributed by atoms with Gasteiger partial charge in [-0.3, -0.25) is 0 Å². The first-order valence-corrected chi connectivity index (χ1v) is 5.97. The Morgan fingerprint density at radius 2 is 1.74 bits per heavy atom. The van der Waals surface area contributed by atoms with Crippen LogP contribution in [0.5, 0.6) is 5.75 Å². The molecule has 0 unspecified atom stereocenters. The van der Waals surface area contributed by atoms with Gasteiger partial charge in [0.1, 0.15) is 17.1 Å². The maximum Gasteiger partial charge on any atom is 0.138 e. The van der Waals surface area contributed by atoms with Crippen LogP contribution in [0.3, 0.4) is 0 Å². The number of fused-ring (bicyclic) bond motifs is 1. The van der Waals surface area contributed by atoms with Crippen LogP contribution in [-0.2, 0) is 0 Å². The van der Waals surface area contributed by atoms with E-state index in [9.17, 15) is 5.11 Å². The average molecular weight is 251 g/mol. The highest BCUT2D eigenvalue weighted by Gasteiger charge is 2.01. The molecule has 3 heteroatoms. The standard InChI is InChI=1S/C16H13NO2/c17-13-5-1-11(2-6-13)3-8-15-9-12-4-7-14(18)10-16(12)19-15/h1-10,18H,17H2. The summed E-state index contributed by atoms with van der Waals surface area (Å²) in [6.07, 6.45) is 3.85. The van der Waals surface area contributed by atoms with E-state index in [0.717, 1.165) is 22.4 Å². The van der Waals surface area contributed by atoms with E-state index in [1.807, 2.05) is 48.6 Å². The number of phenolic OH excluding ortho intramolecular Hbond substituents is 1. The van der Waals surface area contributed by atoms with Crippen molar-refractivity contribution in [3.05, 3.63) is 59.9 Å². The van der Waals surface area contributed by atoms with E-state index >= 15 is 0 Å². The van der Waals surface area contributed by atoms with Crippen molar-refractivity contribution in [1.82, 2.24) is 0 Å². The molecule has 0 saturated heterocycles. The van der Waals surface area contributed by atoms with Crippen LogP contribution in [-0.4, -0.2) is 5.11 Å². The van der Waals surface area contributed by atoms with Gasteiger partial charge in [-0.25, -0.2) is 0 Å². The topological polar surface area (TPSA) is 59.4 Å². The second-order valence-corrected chi connectivity index (χ2v) is 4.37. The monoisotopic (exact) mass is 251 g/mol. The third kappa shape index (κ3) is 2.45. The van der Waals surface area contributed by atoms with Crippen LogP contribution in [0.15, 0.2) is 52.9 Å². The van der Waals surface area contributed by atoms with Gasteiger partial charge < -0.3 is 15.3 Å². The van der Waals surface area contributed by atoms with Crippen molar-refractivity contribution in [2.45, 2.75) is 0 Å². The lowest BCUT2D eigenvalue weighted by Crippen LogP contribution is -1.82. The van der Waals surface area contributed by atoms with Gasteiger partial charge in [0.15, 0.2) is 0 Å². The Morgan fingerprint density at radius 3 is 2.53 bits per heavy atom. The van der Waals surface area contributed by atoms with Gasteiger partial charge >= 0.3 is 0 Å². The Hall–Kier alpha value is -2.68. The number of furan rings is 1. The molecule has 2 aromatic carbocycles. The number of nitrogens with two attached hydrogens (primary N) is 1. The van der Waals surface area contributed by atoms with E-state index in [-0.39, 0.29) is 5.75 Å². The van der Waals surface area contributed by atoms with Crippen molar-refractivity contribution in [2.24, 2.45) is 0 Å². The molecule has 3 aromatic rings. The summed E-state index contributed by atoms with van der Waals surface area (Å²) in [6.45, 7) is 0. The van der Waals surface area contributed by atoms with Crippen LogP contribution in [0, 0.1) is 0 Å². The summed E-state index contributed by atoms with van der Waals surface area (Å²) in [4.78, 5) is 0. The molecule has 0 amide bonds. The van der Waals surface area contributed by atoms with Crippen molar-refractivity contribution < 1.29 is 9.52 Å². The molecule has 0 aliphatic carbocycles. The fraction of sp³-hybridized carbons (Fsp3) is 0. The zero-order valence-corrected chi connectivity index (χ0v) is 10.2. The third-order valence-corrected chi connectivity index (χ3v) is 2.90. The van der Waals surface area contributed by atoms with Gasteiger partial charge in [0, 0.05) is 17.1 Å². The predicted octanol–water partition coefficient (Wildman–Crippen LogP) is 3.89. The lowest BCUT2D eigenvalue weighted by Gasteiger charge is -1.93. The molecule has 0 aliphatic rings. The Kier molecular flexibility index (Phi) is 2.72. The molecule has 3 nitrogen and oxygen atoms in total. The zero-order valence-electron chi connectivity index (χ0n) is 10.2. The van der Waals surface area contributed by atoms with Crippen LogP contribution in [0.2, 0.25) is 0 Å². The summed E-state index contributed by atoms with van der Waals surface area (Å²) in [7, 11) is 0. The smallest absolute Gasteiger partial charge is 0.138 e. The van der Waals surface area contributed by atoms with E-state index in [4.69, 9.17) is 10.2 Å². The fourth-order valence-electron chi connectivity index (χ4n) is 1.91. The second kappa shape index (κ2) is 4.53. The Bertz CT molecular complexity index is 739. The number of aromatic hydroxyl groups is 1. The lowest BCUT2D eigenvalue weighted by atomic mass is 10.2. The molecule has 1 heterocycles. The number of hydrogen-bond acceptors (Lipinski definition) is 3. The van der Waals surface area contributed by atoms with E-state index in [0.29, 0.717) is 5.58 Å². The summed E-state index contributed by atoms with van der Waals surface area (Å²) >= 11 is 0. The summed E-state index contributed by atoms with van der Waals surface area (Å²) in [6, 6.07) is 14.6. The molecule has 0 bridgehead atoms. The van der Waals surface area contributed by atoms with Crippen LogP contribution in [0.4, 0.5) is 5.69 Å². The first-order valence-electron chi connectivity index (χ1n) is 5.97. The minimum absolute atomic E-state index is 0.205. The highest BCUT2D eigenvalue weighted by Crippen LogP contribution is 2.24. The van der Waals surface area contributed by atoms with Crippen molar-refractivity contribution in [3.63, 3.8) is 0 Å². The quantitative estimate of drug-likeness (QED) is 0.679. The molecule has 0 radical (unpaired) electrons. The first-order chi connectivity index (χ1) is 9.20. The molecule has 0 aliphatic heterocycles. The van der Waals surface area contributed by atoms with Gasteiger partial charge in [-0.15, -0.1) is 0 Å². The maximum absolute atomic E-state index is 9.38. The van der Waals surface area contributed by atoms with Gasteiger partial charge in [0.05, 0.1) is 0 Å². The molecule has 0 spiro atoms. The van der Waals surface area contributed by atoms with Gasteiger partial charge in [-0.05, 0) is 42.0 Å². The van der Waals surface area contributed by atoms with E-state index in [1.54, 1.807) is 12.1 Å². The Labute approximate surface area is 110 Å². The predicted molar refractivity (Wildman–Crippen MR) is 77.7 cm³/mol. The zero-order chi connectivity index (χ0) is 13.2. The van der Waals surface area contributed by atoms with Gasteiger partial charge in [-0.2, -0.15) is 0 Å². The number of benzene rings is 2. The van der Waals surface area contributed by atoms with Crippen molar-refractivity contribution in [3.8, 4) is 5.75 Å². The van der Waals surface area contributed by atoms with Crippen LogP contribution >= 0.6 is 0 Å². The van der Waals surface area contributed by atoms with Gasteiger partial charge in [0.25, 0.3) is 0 Å². The van der Waals surface area contributed by atoms with Crippen LogP contribution in [0.1, 0.15) is 11.3 Å². The number of hydrogen-bond donors (Lipinski definition) is 2. The molecule has 19 heavy (non-hydrogen) atoms.